The van der Waals surface area contributed by atoms with E-state index < -0.39 is 0 Å². The van der Waals surface area contributed by atoms with Crippen LogP contribution in [0.15, 0.2) is 16.9 Å². The van der Waals surface area contributed by atoms with E-state index in [-0.39, 0.29) is 11.8 Å². The van der Waals surface area contributed by atoms with Crippen molar-refractivity contribution in [3.8, 4) is 0 Å². The lowest BCUT2D eigenvalue weighted by molar-refractivity contribution is 0.0662. The number of carbonyl (C=O) groups is 1. The SMILES string of the molecule is COC[C@@H]1CN(C(=O)c2cc(C)on2)Cc2ncn(CC3CC3)c21. The molecule has 0 N–H and O–H groups in total. The van der Waals surface area contributed by atoms with Gasteiger partial charge in [-0.25, -0.2) is 4.98 Å². The molecule has 128 valence electrons. The van der Waals surface area contributed by atoms with Crippen LogP contribution in [0.4, 0.5) is 0 Å². The van der Waals surface area contributed by atoms with Gasteiger partial charge in [-0.1, -0.05) is 5.16 Å². The molecule has 0 aromatic carbocycles. The predicted octanol–water partition coefficient (Wildman–Crippen LogP) is 1.98. The summed E-state index contributed by atoms with van der Waals surface area (Å²) in [6, 6.07) is 1.68. The first-order chi connectivity index (χ1) is 11.7. The Kier molecular flexibility index (Phi) is 3.88. The zero-order chi connectivity index (χ0) is 16.7. The molecular weight excluding hydrogens is 308 g/mol. The lowest BCUT2D eigenvalue weighted by Crippen LogP contribution is -2.40. The highest BCUT2D eigenvalue weighted by atomic mass is 16.5. The molecule has 0 bridgehead atoms. The second-order valence-electron chi connectivity index (χ2n) is 6.83. The van der Waals surface area contributed by atoms with Gasteiger partial charge in [0.1, 0.15) is 5.76 Å². The van der Waals surface area contributed by atoms with E-state index in [1.807, 2.05) is 6.33 Å². The van der Waals surface area contributed by atoms with Crippen molar-refractivity contribution in [2.45, 2.75) is 38.8 Å². The summed E-state index contributed by atoms with van der Waals surface area (Å²) in [4.78, 5) is 19.1. The minimum absolute atomic E-state index is 0.115. The number of hydrogen-bond acceptors (Lipinski definition) is 5. The molecular formula is C17H22N4O3. The van der Waals surface area contributed by atoms with Crippen LogP contribution in [0.1, 0.15) is 46.4 Å². The summed E-state index contributed by atoms with van der Waals surface area (Å²) >= 11 is 0. The van der Waals surface area contributed by atoms with E-state index in [9.17, 15) is 4.79 Å². The van der Waals surface area contributed by atoms with Gasteiger partial charge in [-0.3, -0.25) is 4.79 Å². The van der Waals surface area contributed by atoms with Gasteiger partial charge in [0.15, 0.2) is 5.69 Å². The van der Waals surface area contributed by atoms with Gasteiger partial charge in [0.25, 0.3) is 5.91 Å². The summed E-state index contributed by atoms with van der Waals surface area (Å²) in [7, 11) is 1.70. The minimum atomic E-state index is -0.115. The zero-order valence-electron chi connectivity index (χ0n) is 14.1. The Balaban J connectivity index is 1.59. The van der Waals surface area contributed by atoms with Crippen molar-refractivity contribution in [3.05, 3.63) is 35.2 Å². The second kappa shape index (κ2) is 6.05. The lowest BCUT2D eigenvalue weighted by Gasteiger charge is -2.32. The molecule has 1 aliphatic heterocycles. The van der Waals surface area contributed by atoms with Crippen LogP contribution in [0, 0.1) is 12.8 Å². The van der Waals surface area contributed by atoms with E-state index in [2.05, 4.69) is 14.7 Å². The molecule has 7 heteroatoms. The van der Waals surface area contributed by atoms with E-state index in [1.165, 1.54) is 18.5 Å². The summed E-state index contributed by atoms with van der Waals surface area (Å²) in [6.07, 6.45) is 4.52. The van der Waals surface area contributed by atoms with E-state index in [0.717, 1.165) is 18.2 Å². The molecule has 1 aliphatic carbocycles. The van der Waals surface area contributed by atoms with Crippen LogP contribution in [-0.4, -0.2) is 45.8 Å². The normalized spacial score (nSPS) is 20.2. The minimum Gasteiger partial charge on any atom is -0.384 e. The maximum Gasteiger partial charge on any atom is 0.276 e. The van der Waals surface area contributed by atoms with Gasteiger partial charge in [-0.15, -0.1) is 0 Å². The highest BCUT2D eigenvalue weighted by molar-refractivity contribution is 5.92. The van der Waals surface area contributed by atoms with Crippen molar-refractivity contribution in [1.29, 1.82) is 0 Å². The first-order valence-electron chi connectivity index (χ1n) is 8.41. The standard InChI is InChI=1S/C17H22N4O3/c1-11-5-14(19-24-11)17(22)20-7-13(9-23-2)16-15(8-20)18-10-21(16)6-12-3-4-12/h5,10,12-13H,3-4,6-9H2,1-2H3/t13-/m0/s1. The van der Waals surface area contributed by atoms with Crippen LogP contribution in [0.5, 0.6) is 0 Å². The number of fused-ring (bicyclic) bond motifs is 1. The van der Waals surface area contributed by atoms with E-state index in [1.54, 1.807) is 25.0 Å². The van der Waals surface area contributed by atoms with E-state index >= 15 is 0 Å². The van der Waals surface area contributed by atoms with Crippen LogP contribution in [-0.2, 0) is 17.8 Å². The quantitative estimate of drug-likeness (QED) is 0.838. The molecule has 0 radical (unpaired) electrons. The molecule has 0 unspecified atom stereocenters. The van der Waals surface area contributed by atoms with Crippen molar-refractivity contribution in [1.82, 2.24) is 19.6 Å². The molecule has 24 heavy (non-hydrogen) atoms. The summed E-state index contributed by atoms with van der Waals surface area (Å²) in [5.74, 6) is 1.44. The molecule has 2 aromatic rings. The Morgan fingerprint density at radius 3 is 2.96 bits per heavy atom. The summed E-state index contributed by atoms with van der Waals surface area (Å²) in [5, 5.41) is 3.85. The average Bonchev–Trinajstić information content (AvgIpc) is 3.13. The molecule has 1 fully saturated rings. The van der Waals surface area contributed by atoms with E-state index in [0.29, 0.717) is 31.2 Å². The fraction of sp³-hybridized carbons (Fsp3) is 0.588. The molecule has 7 nitrogen and oxygen atoms in total. The Hall–Kier alpha value is -2.15. The highest BCUT2D eigenvalue weighted by Crippen LogP contribution is 2.34. The number of rotatable bonds is 5. The van der Waals surface area contributed by atoms with Crippen molar-refractivity contribution >= 4 is 5.91 Å². The maximum atomic E-state index is 12.7. The van der Waals surface area contributed by atoms with E-state index in [4.69, 9.17) is 9.26 Å². The van der Waals surface area contributed by atoms with Gasteiger partial charge in [0.05, 0.1) is 25.2 Å². The van der Waals surface area contributed by atoms with Crippen molar-refractivity contribution in [2.75, 3.05) is 20.3 Å². The molecule has 1 saturated carbocycles. The Labute approximate surface area is 140 Å². The molecule has 2 aromatic heterocycles. The Morgan fingerprint density at radius 1 is 1.46 bits per heavy atom. The maximum absolute atomic E-state index is 12.7. The van der Waals surface area contributed by atoms with Gasteiger partial charge in [-0.2, -0.15) is 0 Å². The second-order valence-corrected chi connectivity index (χ2v) is 6.83. The Bertz CT molecular complexity index is 747. The number of methoxy groups -OCH3 is 1. The third-order valence-corrected chi connectivity index (χ3v) is 4.78. The number of hydrogen-bond donors (Lipinski definition) is 0. The fourth-order valence-electron chi connectivity index (χ4n) is 3.46. The van der Waals surface area contributed by atoms with Crippen LogP contribution < -0.4 is 0 Å². The largest absolute Gasteiger partial charge is 0.384 e. The number of ether oxygens (including phenoxy) is 1. The third kappa shape index (κ3) is 2.84. The lowest BCUT2D eigenvalue weighted by atomic mass is 9.98. The summed E-state index contributed by atoms with van der Waals surface area (Å²) in [6.45, 7) is 4.51. The zero-order valence-corrected chi connectivity index (χ0v) is 14.1. The number of imidazole rings is 1. The first-order valence-corrected chi connectivity index (χ1v) is 8.41. The number of carbonyl (C=O) groups excluding carboxylic acids is 1. The van der Waals surface area contributed by atoms with Gasteiger partial charge in [-0.05, 0) is 25.7 Å². The van der Waals surface area contributed by atoms with Crippen molar-refractivity contribution in [3.63, 3.8) is 0 Å². The van der Waals surface area contributed by atoms with Crippen LogP contribution >= 0.6 is 0 Å². The fourth-order valence-corrected chi connectivity index (χ4v) is 3.46. The molecule has 3 heterocycles. The van der Waals surface area contributed by atoms with Crippen molar-refractivity contribution < 1.29 is 14.1 Å². The number of aromatic nitrogens is 3. The smallest absolute Gasteiger partial charge is 0.276 e. The number of nitrogens with zero attached hydrogens (tertiary/aromatic N) is 4. The topological polar surface area (TPSA) is 73.4 Å². The summed E-state index contributed by atoms with van der Waals surface area (Å²) in [5.41, 5.74) is 2.55. The predicted molar refractivity (Wildman–Crippen MR) is 85.5 cm³/mol. The number of aryl methyl sites for hydroxylation is 1. The average molecular weight is 330 g/mol. The number of amides is 1. The monoisotopic (exact) mass is 330 g/mol. The van der Waals surface area contributed by atoms with Gasteiger partial charge in [0, 0.05) is 37.9 Å². The van der Waals surface area contributed by atoms with Gasteiger partial charge in [0.2, 0.25) is 0 Å². The summed E-state index contributed by atoms with van der Waals surface area (Å²) < 4.78 is 12.7. The van der Waals surface area contributed by atoms with Gasteiger partial charge < -0.3 is 18.7 Å². The molecule has 4 rings (SSSR count). The van der Waals surface area contributed by atoms with Crippen molar-refractivity contribution in [2.24, 2.45) is 5.92 Å². The highest BCUT2D eigenvalue weighted by Gasteiger charge is 2.34. The molecule has 0 saturated heterocycles. The first kappa shape index (κ1) is 15.4. The molecule has 1 amide bonds. The Morgan fingerprint density at radius 2 is 2.29 bits per heavy atom. The van der Waals surface area contributed by atoms with Crippen LogP contribution in [0.25, 0.3) is 0 Å². The van der Waals surface area contributed by atoms with Crippen LogP contribution in [0.2, 0.25) is 0 Å². The van der Waals surface area contributed by atoms with Gasteiger partial charge >= 0.3 is 0 Å². The third-order valence-electron chi connectivity index (χ3n) is 4.78. The molecule has 1 atom stereocenters. The van der Waals surface area contributed by atoms with Crippen LogP contribution in [0.3, 0.4) is 0 Å². The molecule has 0 spiro atoms. The molecule has 2 aliphatic rings.